The molecule has 58 heavy (non-hydrogen) atoms. The van der Waals surface area contributed by atoms with E-state index in [0.717, 1.165) is 28.3 Å². The van der Waals surface area contributed by atoms with Gasteiger partial charge in [-0.15, -0.1) is 0 Å². The van der Waals surface area contributed by atoms with Gasteiger partial charge in [-0.25, -0.2) is 0 Å². The van der Waals surface area contributed by atoms with Gasteiger partial charge < -0.3 is 9.47 Å². The minimum absolute atomic E-state index is 1.08. The number of hydrogen-bond donors (Lipinski definition) is 0. The van der Waals surface area contributed by atoms with Crippen molar-refractivity contribution in [3.8, 4) is 39.1 Å². The molecule has 0 saturated carbocycles. The molecule has 0 bridgehead atoms. The van der Waals surface area contributed by atoms with Gasteiger partial charge in [-0.05, 0) is 104 Å². The van der Waals surface area contributed by atoms with Gasteiger partial charge in [0.2, 0.25) is 0 Å². The molecule has 2 heteroatoms. The molecule has 0 saturated heterocycles. The lowest BCUT2D eigenvalue weighted by Crippen LogP contribution is -2.13. The van der Waals surface area contributed by atoms with Crippen molar-refractivity contribution < 1.29 is 0 Å². The lowest BCUT2D eigenvalue weighted by atomic mass is 9.90. The molecule has 0 aliphatic carbocycles. The minimum Gasteiger partial charge on any atom is -0.310 e. The van der Waals surface area contributed by atoms with Gasteiger partial charge in [0.05, 0.1) is 22.4 Å². The van der Waals surface area contributed by atoms with Crippen LogP contribution in [0.25, 0.3) is 82.4 Å². The summed E-state index contributed by atoms with van der Waals surface area (Å²) in [6, 6.07) is 83.8. The Bertz CT molecular complexity index is 3120. The maximum absolute atomic E-state index is 2.47. The molecule has 0 fully saturated rings. The number of para-hydroxylation sites is 2. The smallest absolute Gasteiger partial charge is 0.0561 e. The van der Waals surface area contributed by atoms with Crippen LogP contribution in [0.1, 0.15) is 0 Å². The summed E-state index contributed by atoms with van der Waals surface area (Å²) in [5.41, 5.74) is 13.9. The maximum Gasteiger partial charge on any atom is 0.0561 e. The van der Waals surface area contributed by atoms with E-state index in [0.29, 0.717) is 0 Å². The monoisotopic (exact) mass is 738 g/mol. The summed E-state index contributed by atoms with van der Waals surface area (Å²) in [6.07, 6.45) is 0. The Morgan fingerprint density at radius 1 is 0.310 bits per heavy atom. The summed E-state index contributed by atoms with van der Waals surface area (Å²) in [7, 11) is 0. The molecule has 1 aromatic heterocycles. The second kappa shape index (κ2) is 14.1. The average Bonchev–Trinajstić information content (AvgIpc) is 3.64. The van der Waals surface area contributed by atoms with E-state index < -0.39 is 0 Å². The molecule has 1 heterocycles. The molecule has 0 spiro atoms. The number of benzene rings is 10. The number of aromatic nitrogens is 1. The number of nitrogens with zero attached hydrogens (tertiary/aromatic N) is 2. The Kier molecular flexibility index (Phi) is 8.19. The highest BCUT2D eigenvalue weighted by Gasteiger charge is 2.25. The van der Waals surface area contributed by atoms with Gasteiger partial charge in [0.25, 0.3) is 0 Å². The van der Waals surface area contributed by atoms with Crippen LogP contribution < -0.4 is 4.90 Å². The zero-order chi connectivity index (χ0) is 38.4. The number of rotatable bonds is 7. The van der Waals surface area contributed by atoms with Crippen LogP contribution in [0.3, 0.4) is 0 Å². The summed E-state index contributed by atoms with van der Waals surface area (Å²) in [6.45, 7) is 0. The van der Waals surface area contributed by atoms with Crippen molar-refractivity contribution in [2.24, 2.45) is 0 Å². The molecule has 0 radical (unpaired) electrons. The molecule has 0 aliphatic heterocycles. The van der Waals surface area contributed by atoms with E-state index in [1.54, 1.807) is 0 Å². The third kappa shape index (κ3) is 5.66. The predicted octanol–water partition coefficient (Wildman–Crippen LogP) is 15.6. The van der Waals surface area contributed by atoms with Crippen LogP contribution in [0.4, 0.5) is 17.1 Å². The fourth-order valence-electron chi connectivity index (χ4n) is 8.91. The average molecular weight is 739 g/mol. The van der Waals surface area contributed by atoms with Gasteiger partial charge in [0, 0.05) is 27.7 Å². The number of hydrogen-bond acceptors (Lipinski definition) is 1. The fourth-order valence-corrected chi connectivity index (χ4v) is 8.91. The topological polar surface area (TPSA) is 8.17 Å². The molecule has 11 rings (SSSR count). The van der Waals surface area contributed by atoms with Crippen molar-refractivity contribution in [2.75, 3.05) is 4.90 Å². The van der Waals surface area contributed by atoms with Crippen LogP contribution in [-0.4, -0.2) is 4.57 Å². The van der Waals surface area contributed by atoms with Gasteiger partial charge >= 0.3 is 0 Å². The Labute approximate surface area is 338 Å². The predicted molar refractivity (Wildman–Crippen MR) is 247 cm³/mol. The highest BCUT2D eigenvalue weighted by Crippen LogP contribution is 2.48. The normalized spacial score (nSPS) is 11.4. The minimum atomic E-state index is 1.08. The summed E-state index contributed by atoms with van der Waals surface area (Å²) in [4.78, 5) is 2.44. The first-order valence-electron chi connectivity index (χ1n) is 19.9. The molecule has 10 aromatic carbocycles. The highest BCUT2D eigenvalue weighted by atomic mass is 15.1. The molecule has 0 atom stereocenters. The largest absolute Gasteiger partial charge is 0.310 e. The number of fused-ring (bicyclic) bond motifs is 6. The summed E-state index contributed by atoms with van der Waals surface area (Å²) in [5, 5.41) is 7.40. The summed E-state index contributed by atoms with van der Waals surface area (Å²) < 4.78 is 2.47. The van der Waals surface area contributed by atoms with Crippen LogP contribution in [0.2, 0.25) is 0 Å². The molecule has 0 N–H and O–H groups in total. The van der Waals surface area contributed by atoms with Gasteiger partial charge in [0.1, 0.15) is 0 Å². The van der Waals surface area contributed by atoms with Crippen molar-refractivity contribution in [1.29, 1.82) is 0 Å². The first-order valence-corrected chi connectivity index (χ1v) is 19.9. The van der Waals surface area contributed by atoms with Gasteiger partial charge in [-0.2, -0.15) is 0 Å². The first-order chi connectivity index (χ1) is 28.8. The molecule has 0 aliphatic rings. The Hall–Kier alpha value is -7.68. The molecule has 0 unspecified atom stereocenters. The van der Waals surface area contributed by atoms with Crippen molar-refractivity contribution in [3.63, 3.8) is 0 Å². The summed E-state index contributed by atoms with van der Waals surface area (Å²) in [5.74, 6) is 0. The highest BCUT2D eigenvalue weighted by molar-refractivity contribution is 6.17. The second-order valence-corrected chi connectivity index (χ2v) is 14.9. The van der Waals surface area contributed by atoms with E-state index in [1.807, 2.05) is 0 Å². The molecule has 2 nitrogen and oxygen atoms in total. The molecular weight excluding hydrogens is 701 g/mol. The maximum atomic E-state index is 2.47. The van der Waals surface area contributed by atoms with E-state index in [9.17, 15) is 0 Å². The van der Waals surface area contributed by atoms with Gasteiger partial charge in [-0.1, -0.05) is 176 Å². The van der Waals surface area contributed by atoms with E-state index in [1.165, 1.54) is 71.2 Å². The van der Waals surface area contributed by atoms with E-state index in [2.05, 4.69) is 240 Å². The fraction of sp³-hybridized carbons (Fsp3) is 0. The van der Waals surface area contributed by atoms with Crippen LogP contribution in [0, 0.1) is 0 Å². The lowest BCUT2D eigenvalue weighted by molar-refractivity contribution is 1.17. The van der Waals surface area contributed by atoms with Crippen molar-refractivity contribution in [1.82, 2.24) is 4.57 Å². The van der Waals surface area contributed by atoms with E-state index in [4.69, 9.17) is 0 Å². The summed E-state index contributed by atoms with van der Waals surface area (Å²) >= 11 is 0. The molecule has 0 amide bonds. The van der Waals surface area contributed by atoms with Crippen LogP contribution >= 0.6 is 0 Å². The van der Waals surface area contributed by atoms with Crippen molar-refractivity contribution in [3.05, 3.63) is 231 Å². The van der Waals surface area contributed by atoms with Crippen LogP contribution in [-0.2, 0) is 0 Å². The Morgan fingerprint density at radius 2 is 0.759 bits per heavy atom. The second-order valence-electron chi connectivity index (χ2n) is 14.9. The quantitative estimate of drug-likeness (QED) is 0.148. The Balaban J connectivity index is 1.24. The van der Waals surface area contributed by atoms with Crippen LogP contribution in [0.15, 0.2) is 231 Å². The third-order valence-electron chi connectivity index (χ3n) is 11.6. The van der Waals surface area contributed by atoms with Gasteiger partial charge in [0.15, 0.2) is 0 Å². The SMILES string of the molecule is c1ccc(-c2ccc(N(c3ccc(-c4ccccc4)cc3)c3cccc(-n4c5ccccc5c5ccccc54)c3-c3cc4ccccc4c4ccccc34)cc2)cc1. The Morgan fingerprint density at radius 3 is 1.33 bits per heavy atom. The van der Waals surface area contributed by atoms with Crippen molar-refractivity contribution in [2.45, 2.75) is 0 Å². The van der Waals surface area contributed by atoms with E-state index in [-0.39, 0.29) is 0 Å². The standard InChI is InChI=1S/C56H38N2/c1-3-16-39(17-4-1)41-30-34-44(35-31-41)57(45-36-32-42(33-37-45)40-18-5-2-6-19-40)54-28-15-29-55(58-52-26-13-11-24-49(52)50-25-12-14-27-53(50)58)56(54)51-38-43-20-7-8-21-46(43)47-22-9-10-23-48(47)51/h1-38H. The lowest BCUT2D eigenvalue weighted by Gasteiger charge is -2.30. The first kappa shape index (κ1) is 33.6. The molecular formula is C56H38N2. The van der Waals surface area contributed by atoms with Crippen molar-refractivity contribution >= 4 is 60.4 Å². The van der Waals surface area contributed by atoms with E-state index >= 15 is 0 Å². The van der Waals surface area contributed by atoms with Crippen LogP contribution in [0.5, 0.6) is 0 Å². The van der Waals surface area contributed by atoms with Gasteiger partial charge in [-0.3, -0.25) is 0 Å². The zero-order valence-electron chi connectivity index (χ0n) is 31.8. The molecule has 11 aromatic rings. The number of anilines is 3. The third-order valence-corrected chi connectivity index (χ3v) is 11.6. The molecule has 272 valence electrons. The zero-order valence-corrected chi connectivity index (χ0v) is 31.8.